The molecule has 0 aliphatic rings. The lowest BCUT2D eigenvalue weighted by Crippen LogP contribution is -2.12. The molecule has 0 saturated carbocycles. The molecule has 5 aromatic rings. The Morgan fingerprint density at radius 2 is 1.82 bits per heavy atom. The van der Waals surface area contributed by atoms with Gasteiger partial charge in [0.2, 0.25) is 0 Å². The van der Waals surface area contributed by atoms with Crippen LogP contribution in [0.1, 0.15) is 22.3 Å². The second kappa shape index (κ2) is 7.77. The third-order valence-corrected chi connectivity index (χ3v) is 7.79. The molecule has 0 spiro atoms. The summed E-state index contributed by atoms with van der Waals surface area (Å²) in [7, 11) is -3.77. The van der Waals surface area contributed by atoms with Crippen molar-refractivity contribution in [3.63, 3.8) is 0 Å². The number of rotatable bonds is 4. The van der Waals surface area contributed by atoms with Crippen molar-refractivity contribution in [2.24, 2.45) is 0 Å². The second-order valence-electron chi connectivity index (χ2n) is 8.06. The van der Waals surface area contributed by atoms with Crippen molar-refractivity contribution in [1.29, 1.82) is 5.26 Å². The van der Waals surface area contributed by atoms with Crippen molar-refractivity contribution >= 4 is 43.4 Å². The van der Waals surface area contributed by atoms with Crippen LogP contribution in [0.4, 0.5) is 0 Å². The van der Waals surface area contributed by atoms with Crippen LogP contribution < -0.4 is 0 Å². The molecule has 0 aliphatic carbocycles. The Morgan fingerprint density at radius 3 is 2.55 bits per heavy atom. The van der Waals surface area contributed by atoms with Gasteiger partial charge in [-0.05, 0) is 61.9 Å². The van der Waals surface area contributed by atoms with Gasteiger partial charge in [0.05, 0.1) is 34.1 Å². The molecule has 0 fully saturated rings. The van der Waals surface area contributed by atoms with E-state index < -0.39 is 10.0 Å². The third-order valence-electron chi connectivity index (χ3n) is 5.76. The van der Waals surface area contributed by atoms with E-state index in [0.717, 1.165) is 27.5 Å². The van der Waals surface area contributed by atoms with Crippen molar-refractivity contribution in [3.05, 3.63) is 94.3 Å². The summed E-state index contributed by atoms with van der Waals surface area (Å²) >= 11 is 6.62. The van der Waals surface area contributed by atoms with E-state index in [1.807, 2.05) is 26.1 Å². The van der Waals surface area contributed by atoms with Gasteiger partial charge in [-0.25, -0.2) is 12.4 Å². The molecule has 0 radical (unpaired) electrons. The molecule has 0 atom stereocenters. The van der Waals surface area contributed by atoms with Gasteiger partial charge in [0.15, 0.2) is 0 Å². The number of benzene rings is 3. The number of hydrogen-bond donors (Lipinski definition) is 0. The van der Waals surface area contributed by atoms with E-state index in [1.54, 1.807) is 59.4 Å². The molecule has 33 heavy (non-hydrogen) atoms. The first-order valence-corrected chi connectivity index (χ1v) is 12.1. The van der Waals surface area contributed by atoms with Crippen LogP contribution in [0.2, 0.25) is 5.02 Å². The fraction of sp³-hybridized carbons (Fsp3) is 0.120. The lowest BCUT2D eigenvalue weighted by atomic mass is 10.1. The van der Waals surface area contributed by atoms with E-state index in [1.165, 1.54) is 3.97 Å². The summed E-state index contributed by atoms with van der Waals surface area (Å²) in [5.74, 6) is 0. The molecule has 0 bridgehead atoms. The fourth-order valence-electron chi connectivity index (χ4n) is 4.08. The van der Waals surface area contributed by atoms with Crippen LogP contribution in [0.5, 0.6) is 0 Å². The Hall–Kier alpha value is -3.60. The number of halogens is 1. The van der Waals surface area contributed by atoms with Gasteiger partial charge >= 0.3 is 0 Å². The van der Waals surface area contributed by atoms with Crippen molar-refractivity contribution in [2.75, 3.05) is 0 Å². The van der Waals surface area contributed by atoms with Crippen LogP contribution in [-0.4, -0.2) is 22.2 Å². The van der Waals surface area contributed by atoms with Gasteiger partial charge < -0.3 is 0 Å². The quantitative estimate of drug-likeness (QED) is 0.348. The van der Waals surface area contributed by atoms with E-state index in [-0.39, 0.29) is 4.90 Å². The second-order valence-corrected chi connectivity index (χ2v) is 10.3. The van der Waals surface area contributed by atoms with Crippen LogP contribution >= 0.6 is 11.6 Å². The molecule has 2 heterocycles. The third kappa shape index (κ3) is 3.58. The largest absolute Gasteiger partial charge is 0.268 e. The number of fused-ring (bicyclic) bond motifs is 2. The fourth-order valence-corrected chi connectivity index (χ4v) is 5.82. The standard InChI is InChI=1S/C25H19ClN4O2S/c1-16-3-7-20(8-4-16)33(31,32)30-10-9-21-22(23(26)11-17(2)25(21)30)15-29-14-19-6-5-18(13-27)12-24(19)28-29/h3-12,14H,15H2,1-2H3. The minimum absolute atomic E-state index is 0.230. The maximum absolute atomic E-state index is 13.4. The van der Waals surface area contributed by atoms with E-state index >= 15 is 0 Å². The predicted molar refractivity (Wildman–Crippen MR) is 129 cm³/mol. The van der Waals surface area contributed by atoms with Crippen LogP contribution in [0, 0.1) is 25.2 Å². The first kappa shape index (κ1) is 21.3. The molecular formula is C25H19ClN4O2S. The maximum atomic E-state index is 13.4. The van der Waals surface area contributed by atoms with Crippen molar-refractivity contribution in [3.8, 4) is 6.07 Å². The van der Waals surface area contributed by atoms with Gasteiger partial charge in [0, 0.05) is 33.8 Å². The predicted octanol–water partition coefficient (Wildman–Crippen LogP) is 5.42. The summed E-state index contributed by atoms with van der Waals surface area (Å²) < 4.78 is 29.9. The maximum Gasteiger partial charge on any atom is 0.268 e. The van der Waals surface area contributed by atoms with Crippen LogP contribution in [0.3, 0.4) is 0 Å². The highest BCUT2D eigenvalue weighted by molar-refractivity contribution is 7.90. The summed E-state index contributed by atoms with van der Waals surface area (Å²) in [6.07, 6.45) is 3.46. The highest BCUT2D eigenvalue weighted by Gasteiger charge is 2.22. The average molecular weight is 475 g/mol. The van der Waals surface area contributed by atoms with Crippen molar-refractivity contribution < 1.29 is 8.42 Å². The normalized spacial score (nSPS) is 11.8. The highest BCUT2D eigenvalue weighted by atomic mass is 35.5. The number of aromatic nitrogens is 3. The molecule has 164 valence electrons. The number of aryl methyl sites for hydroxylation is 2. The zero-order chi connectivity index (χ0) is 23.3. The molecule has 2 aromatic heterocycles. The summed E-state index contributed by atoms with van der Waals surface area (Å²) in [5.41, 5.74) is 4.39. The van der Waals surface area contributed by atoms with Crippen molar-refractivity contribution in [1.82, 2.24) is 13.8 Å². The zero-order valence-electron chi connectivity index (χ0n) is 17.9. The van der Waals surface area contributed by atoms with E-state index in [2.05, 4.69) is 11.2 Å². The Kier molecular flexibility index (Phi) is 5.00. The molecule has 0 aliphatic heterocycles. The summed E-state index contributed by atoms with van der Waals surface area (Å²) in [4.78, 5) is 0.230. The van der Waals surface area contributed by atoms with E-state index in [0.29, 0.717) is 28.2 Å². The van der Waals surface area contributed by atoms with Gasteiger partial charge in [0.1, 0.15) is 0 Å². The number of nitriles is 1. The lowest BCUT2D eigenvalue weighted by Gasteiger charge is -2.13. The van der Waals surface area contributed by atoms with Gasteiger partial charge in [-0.2, -0.15) is 10.4 Å². The van der Waals surface area contributed by atoms with Crippen molar-refractivity contribution in [2.45, 2.75) is 25.3 Å². The lowest BCUT2D eigenvalue weighted by molar-refractivity contribution is 0.589. The van der Waals surface area contributed by atoms with Crippen LogP contribution in [0.25, 0.3) is 21.8 Å². The molecule has 5 rings (SSSR count). The summed E-state index contributed by atoms with van der Waals surface area (Å²) in [6.45, 7) is 4.13. The Morgan fingerprint density at radius 1 is 1.06 bits per heavy atom. The average Bonchev–Trinajstić information content (AvgIpc) is 3.41. The van der Waals surface area contributed by atoms with E-state index in [9.17, 15) is 8.42 Å². The molecule has 0 N–H and O–H groups in total. The molecule has 8 heteroatoms. The smallest absolute Gasteiger partial charge is 0.267 e. The van der Waals surface area contributed by atoms with Gasteiger partial charge in [-0.1, -0.05) is 29.3 Å². The van der Waals surface area contributed by atoms with Gasteiger partial charge in [-0.15, -0.1) is 0 Å². The Labute approximate surface area is 196 Å². The topological polar surface area (TPSA) is 80.7 Å². The molecule has 0 saturated heterocycles. The van der Waals surface area contributed by atoms with Gasteiger partial charge in [-0.3, -0.25) is 4.68 Å². The molecule has 3 aromatic carbocycles. The Balaban J connectivity index is 1.63. The summed E-state index contributed by atoms with van der Waals surface area (Å²) in [5, 5.41) is 15.9. The molecular weight excluding hydrogens is 456 g/mol. The van der Waals surface area contributed by atoms with Gasteiger partial charge in [0.25, 0.3) is 10.0 Å². The minimum Gasteiger partial charge on any atom is -0.267 e. The molecule has 0 unspecified atom stereocenters. The molecule has 6 nitrogen and oxygen atoms in total. The minimum atomic E-state index is -3.77. The zero-order valence-corrected chi connectivity index (χ0v) is 19.5. The number of hydrogen-bond acceptors (Lipinski definition) is 4. The van der Waals surface area contributed by atoms with E-state index in [4.69, 9.17) is 16.9 Å². The first-order chi connectivity index (χ1) is 15.8. The Bertz CT molecular complexity index is 1690. The van der Waals surface area contributed by atoms with Crippen LogP contribution in [-0.2, 0) is 16.6 Å². The first-order valence-electron chi connectivity index (χ1n) is 10.3. The summed E-state index contributed by atoms with van der Waals surface area (Å²) in [6, 6.07) is 17.8. The monoisotopic (exact) mass is 474 g/mol. The molecule has 0 amide bonds. The number of nitrogens with zero attached hydrogens (tertiary/aromatic N) is 4. The van der Waals surface area contributed by atoms with Crippen LogP contribution in [0.15, 0.2) is 71.9 Å². The SMILES string of the molecule is Cc1ccc(S(=O)(=O)n2ccc3c(Cn4cc5ccc(C#N)cc5n4)c(Cl)cc(C)c32)cc1. The highest BCUT2D eigenvalue weighted by Crippen LogP contribution is 2.33.